The van der Waals surface area contributed by atoms with Crippen molar-refractivity contribution in [3.05, 3.63) is 29.8 Å². The van der Waals surface area contributed by atoms with Gasteiger partial charge in [0.2, 0.25) is 5.91 Å². The SMILES string of the molecule is CCCC(C)C(=O)Nc1ccc(C(C)NCC)cc1. The van der Waals surface area contributed by atoms with Crippen LogP contribution in [-0.4, -0.2) is 12.5 Å². The molecule has 2 N–H and O–H groups in total. The molecule has 1 rings (SSSR count). The Balaban J connectivity index is 2.59. The van der Waals surface area contributed by atoms with Gasteiger partial charge in [0.25, 0.3) is 0 Å². The first-order valence-corrected chi connectivity index (χ1v) is 7.22. The van der Waals surface area contributed by atoms with Crippen LogP contribution < -0.4 is 10.6 Å². The second-order valence-electron chi connectivity index (χ2n) is 5.08. The van der Waals surface area contributed by atoms with Crippen molar-refractivity contribution < 1.29 is 4.79 Å². The molecule has 0 aromatic heterocycles. The zero-order valence-electron chi connectivity index (χ0n) is 12.5. The molecule has 3 nitrogen and oxygen atoms in total. The molecule has 0 aliphatic heterocycles. The van der Waals surface area contributed by atoms with Gasteiger partial charge >= 0.3 is 0 Å². The van der Waals surface area contributed by atoms with Gasteiger partial charge in [-0.15, -0.1) is 0 Å². The molecule has 0 fully saturated rings. The molecule has 0 radical (unpaired) electrons. The van der Waals surface area contributed by atoms with Gasteiger partial charge in [-0.25, -0.2) is 0 Å². The van der Waals surface area contributed by atoms with Gasteiger partial charge in [0.1, 0.15) is 0 Å². The highest BCUT2D eigenvalue weighted by Gasteiger charge is 2.11. The van der Waals surface area contributed by atoms with Gasteiger partial charge in [0, 0.05) is 17.6 Å². The summed E-state index contributed by atoms with van der Waals surface area (Å²) >= 11 is 0. The zero-order valence-corrected chi connectivity index (χ0v) is 12.5. The van der Waals surface area contributed by atoms with Crippen molar-refractivity contribution in [1.82, 2.24) is 5.32 Å². The molecule has 106 valence electrons. The van der Waals surface area contributed by atoms with E-state index in [2.05, 4.69) is 43.5 Å². The second kappa shape index (κ2) is 7.95. The summed E-state index contributed by atoms with van der Waals surface area (Å²) in [4.78, 5) is 11.9. The second-order valence-corrected chi connectivity index (χ2v) is 5.08. The van der Waals surface area contributed by atoms with Crippen LogP contribution in [0.3, 0.4) is 0 Å². The Morgan fingerprint density at radius 2 is 1.79 bits per heavy atom. The van der Waals surface area contributed by atoms with Crippen molar-refractivity contribution in [1.29, 1.82) is 0 Å². The lowest BCUT2D eigenvalue weighted by molar-refractivity contribution is -0.119. The van der Waals surface area contributed by atoms with Crippen LogP contribution in [0.5, 0.6) is 0 Å². The first-order chi connectivity index (χ1) is 9.08. The summed E-state index contributed by atoms with van der Waals surface area (Å²) in [6.45, 7) is 9.26. The van der Waals surface area contributed by atoms with Crippen LogP contribution in [0.1, 0.15) is 52.1 Å². The number of carbonyl (C=O) groups is 1. The molecule has 3 heteroatoms. The maximum Gasteiger partial charge on any atom is 0.227 e. The van der Waals surface area contributed by atoms with E-state index in [1.54, 1.807) is 0 Å². The van der Waals surface area contributed by atoms with Gasteiger partial charge < -0.3 is 10.6 Å². The molecular weight excluding hydrogens is 236 g/mol. The Morgan fingerprint density at radius 3 is 2.32 bits per heavy atom. The van der Waals surface area contributed by atoms with Crippen LogP contribution in [-0.2, 0) is 4.79 Å². The van der Waals surface area contributed by atoms with E-state index in [9.17, 15) is 4.79 Å². The number of hydrogen-bond donors (Lipinski definition) is 2. The highest BCUT2D eigenvalue weighted by atomic mass is 16.1. The van der Waals surface area contributed by atoms with Gasteiger partial charge in [-0.1, -0.05) is 39.3 Å². The van der Waals surface area contributed by atoms with E-state index < -0.39 is 0 Å². The van der Waals surface area contributed by atoms with Crippen molar-refractivity contribution in [2.75, 3.05) is 11.9 Å². The van der Waals surface area contributed by atoms with Crippen LogP contribution >= 0.6 is 0 Å². The Bertz CT molecular complexity index is 386. The topological polar surface area (TPSA) is 41.1 Å². The Hall–Kier alpha value is -1.35. The third-order valence-corrected chi connectivity index (χ3v) is 3.36. The number of rotatable bonds is 7. The van der Waals surface area contributed by atoms with Crippen LogP contribution in [0.25, 0.3) is 0 Å². The minimum absolute atomic E-state index is 0.0744. The number of benzene rings is 1. The molecule has 0 aliphatic rings. The lowest BCUT2D eigenvalue weighted by Gasteiger charge is -2.14. The Kier molecular flexibility index (Phi) is 6.57. The average Bonchev–Trinajstić information content (AvgIpc) is 2.40. The van der Waals surface area contributed by atoms with Crippen molar-refractivity contribution in [2.45, 2.75) is 46.6 Å². The fourth-order valence-corrected chi connectivity index (χ4v) is 2.11. The third kappa shape index (κ3) is 5.03. The van der Waals surface area contributed by atoms with E-state index >= 15 is 0 Å². The lowest BCUT2D eigenvalue weighted by Crippen LogP contribution is -2.20. The van der Waals surface area contributed by atoms with E-state index in [0.717, 1.165) is 25.1 Å². The highest BCUT2D eigenvalue weighted by molar-refractivity contribution is 5.92. The molecule has 0 spiro atoms. The van der Waals surface area contributed by atoms with Crippen LogP contribution in [0.4, 0.5) is 5.69 Å². The largest absolute Gasteiger partial charge is 0.326 e. The van der Waals surface area contributed by atoms with Crippen LogP contribution in [0.15, 0.2) is 24.3 Å². The van der Waals surface area contributed by atoms with Gasteiger partial charge in [-0.05, 0) is 37.6 Å². The molecule has 1 amide bonds. The Labute approximate surface area is 116 Å². The maximum atomic E-state index is 11.9. The normalized spacial score (nSPS) is 13.9. The molecule has 2 atom stereocenters. The van der Waals surface area contributed by atoms with Gasteiger partial charge in [-0.2, -0.15) is 0 Å². The number of carbonyl (C=O) groups excluding carboxylic acids is 1. The van der Waals surface area contributed by atoms with E-state index in [1.807, 2.05) is 19.1 Å². The first kappa shape index (κ1) is 15.7. The summed E-state index contributed by atoms with van der Waals surface area (Å²) in [5, 5.41) is 6.33. The molecular formula is C16H26N2O. The predicted octanol–water partition coefficient (Wildman–Crippen LogP) is 3.73. The molecule has 0 saturated heterocycles. The molecule has 19 heavy (non-hydrogen) atoms. The molecule has 1 aromatic carbocycles. The van der Waals surface area contributed by atoms with E-state index in [1.165, 1.54) is 5.56 Å². The van der Waals surface area contributed by atoms with Crippen LogP contribution in [0.2, 0.25) is 0 Å². The minimum atomic E-state index is 0.0744. The third-order valence-electron chi connectivity index (χ3n) is 3.36. The monoisotopic (exact) mass is 262 g/mol. The van der Waals surface area contributed by atoms with Crippen molar-refractivity contribution in [3.8, 4) is 0 Å². The van der Waals surface area contributed by atoms with Gasteiger partial charge in [0.05, 0.1) is 0 Å². The van der Waals surface area contributed by atoms with E-state index in [-0.39, 0.29) is 11.8 Å². The van der Waals surface area contributed by atoms with Crippen molar-refractivity contribution in [2.24, 2.45) is 5.92 Å². The highest BCUT2D eigenvalue weighted by Crippen LogP contribution is 2.17. The smallest absolute Gasteiger partial charge is 0.227 e. The first-order valence-electron chi connectivity index (χ1n) is 7.22. The summed E-state index contributed by atoms with van der Waals surface area (Å²) in [5.41, 5.74) is 2.11. The zero-order chi connectivity index (χ0) is 14.3. The quantitative estimate of drug-likeness (QED) is 0.786. The molecule has 0 aliphatic carbocycles. The standard InChI is InChI=1S/C16H26N2O/c1-5-7-12(3)16(19)18-15-10-8-14(9-11-15)13(4)17-6-2/h8-13,17H,5-7H2,1-4H3,(H,18,19). The van der Waals surface area contributed by atoms with Crippen molar-refractivity contribution >= 4 is 11.6 Å². The molecule has 0 saturated carbocycles. The summed E-state index contributed by atoms with van der Waals surface area (Å²) in [6, 6.07) is 8.41. The fourth-order valence-electron chi connectivity index (χ4n) is 2.11. The molecule has 0 bridgehead atoms. The van der Waals surface area contributed by atoms with Gasteiger partial charge in [0.15, 0.2) is 0 Å². The summed E-state index contributed by atoms with van der Waals surface area (Å²) < 4.78 is 0. The Morgan fingerprint density at radius 1 is 1.16 bits per heavy atom. The molecule has 2 unspecified atom stereocenters. The number of amides is 1. The predicted molar refractivity (Wildman–Crippen MR) is 81.2 cm³/mol. The number of anilines is 1. The van der Waals surface area contributed by atoms with Crippen molar-refractivity contribution in [3.63, 3.8) is 0 Å². The average molecular weight is 262 g/mol. The molecule has 0 heterocycles. The minimum Gasteiger partial charge on any atom is -0.326 e. The van der Waals surface area contributed by atoms with E-state index in [0.29, 0.717) is 6.04 Å². The van der Waals surface area contributed by atoms with Gasteiger partial charge in [-0.3, -0.25) is 4.79 Å². The molecule has 1 aromatic rings. The maximum absolute atomic E-state index is 11.9. The lowest BCUT2D eigenvalue weighted by atomic mass is 10.0. The summed E-state index contributed by atoms with van der Waals surface area (Å²) in [5.74, 6) is 0.180. The van der Waals surface area contributed by atoms with Crippen LogP contribution in [0, 0.1) is 5.92 Å². The van der Waals surface area contributed by atoms with E-state index in [4.69, 9.17) is 0 Å². The summed E-state index contributed by atoms with van der Waals surface area (Å²) in [6.07, 6.45) is 1.97. The number of nitrogens with one attached hydrogen (secondary N) is 2. The fraction of sp³-hybridized carbons (Fsp3) is 0.562. The summed E-state index contributed by atoms with van der Waals surface area (Å²) in [7, 11) is 0. The number of hydrogen-bond acceptors (Lipinski definition) is 2.